The number of amides is 2. The van der Waals surface area contributed by atoms with E-state index in [9.17, 15) is 9.90 Å². The first-order valence-corrected chi connectivity index (χ1v) is 8.19. The molecule has 4 saturated carbocycles. The number of hydrogen-bond acceptors (Lipinski definition) is 2. The van der Waals surface area contributed by atoms with Crippen LogP contribution < -0.4 is 10.6 Å². The third kappa shape index (κ3) is 2.67. The molecule has 4 aliphatic rings. The van der Waals surface area contributed by atoms with Crippen LogP contribution in [0, 0.1) is 23.7 Å². The summed E-state index contributed by atoms with van der Waals surface area (Å²) in [5, 5.41) is 15.6. The first-order valence-electron chi connectivity index (χ1n) is 8.19. The zero-order valence-electron chi connectivity index (χ0n) is 12.7. The molecule has 4 heteroatoms. The predicted molar refractivity (Wildman–Crippen MR) is 78.3 cm³/mol. The van der Waals surface area contributed by atoms with Gasteiger partial charge in [0.05, 0.1) is 12.6 Å². The molecule has 4 fully saturated rings. The van der Waals surface area contributed by atoms with E-state index < -0.39 is 0 Å². The molecule has 20 heavy (non-hydrogen) atoms. The van der Waals surface area contributed by atoms with Gasteiger partial charge in [-0.3, -0.25) is 0 Å². The van der Waals surface area contributed by atoms with Gasteiger partial charge in [0.1, 0.15) is 0 Å². The van der Waals surface area contributed by atoms with Gasteiger partial charge in [-0.25, -0.2) is 4.79 Å². The van der Waals surface area contributed by atoms with Gasteiger partial charge in [0, 0.05) is 5.54 Å². The zero-order valence-corrected chi connectivity index (χ0v) is 12.7. The van der Waals surface area contributed by atoms with Crippen LogP contribution in [0.25, 0.3) is 0 Å². The van der Waals surface area contributed by atoms with Crippen LogP contribution in [0.15, 0.2) is 0 Å². The quantitative estimate of drug-likeness (QED) is 0.740. The van der Waals surface area contributed by atoms with Gasteiger partial charge < -0.3 is 15.7 Å². The molecule has 0 aromatic rings. The molecule has 0 saturated heterocycles. The van der Waals surface area contributed by atoms with E-state index in [4.69, 9.17) is 0 Å². The van der Waals surface area contributed by atoms with E-state index in [0.29, 0.717) is 0 Å². The van der Waals surface area contributed by atoms with Gasteiger partial charge in [-0.1, -0.05) is 13.8 Å². The fourth-order valence-corrected chi connectivity index (χ4v) is 5.13. The first kappa shape index (κ1) is 14.2. The zero-order chi connectivity index (χ0) is 14.3. The van der Waals surface area contributed by atoms with Crippen LogP contribution in [0.2, 0.25) is 0 Å². The van der Waals surface area contributed by atoms with E-state index in [1.165, 1.54) is 38.5 Å². The number of aliphatic hydroxyl groups is 1. The van der Waals surface area contributed by atoms with Crippen molar-refractivity contribution < 1.29 is 9.90 Å². The molecule has 0 spiro atoms. The summed E-state index contributed by atoms with van der Waals surface area (Å²) in [5.41, 5.74) is 0.0514. The maximum Gasteiger partial charge on any atom is 0.315 e. The lowest BCUT2D eigenvalue weighted by atomic mass is 9.53. The SMILES string of the molecule is CC(C)C(CO)NC(=O)NC12CC3CC(CC(C3)C1)C2. The lowest BCUT2D eigenvalue weighted by molar-refractivity contribution is -0.0138. The Morgan fingerprint density at radius 2 is 1.65 bits per heavy atom. The number of carbonyl (C=O) groups is 1. The number of nitrogens with one attached hydrogen (secondary N) is 2. The molecule has 4 nitrogen and oxygen atoms in total. The molecule has 1 atom stereocenters. The third-order valence-corrected chi connectivity index (χ3v) is 5.73. The Balaban J connectivity index is 1.61. The average molecular weight is 280 g/mol. The number of hydrogen-bond donors (Lipinski definition) is 3. The van der Waals surface area contributed by atoms with Crippen molar-refractivity contribution in [2.45, 2.75) is 64.0 Å². The molecule has 4 bridgehead atoms. The maximum atomic E-state index is 12.3. The summed E-state index contributed by atoms with van der Waals surface area (Å²) in [5.74, 6) is 2.75. The number of carbonyl (C=O) groups excluding carboxylic acids is 1. The van der Waals surface area contributed by atoms with Crippen LogP contribution in [0.5, 0.6) is 0 Å². The van der Waals surface area contributed by atoms with Crippen LogP contribution in [-0.4, -0.2) is 29.3 Å². The Morgan fingerprint density at radius 1 is 1.15 bits per heavy atom. The number of aliphatic hydroxyl groups excluding tert-OH is 1. The molecule has 4 aliphatic carbocycles. The molecule has 3 N–H and O–H groups in total. The lowest BCUT2D eigenvalue weighted by Crippen LogP contribution is -2.62. The fraction of sp³-hybridized carbons (Fsp3) is 0.938. The van der Waals surface area contributed by atoms with Gasteiger partial charge in [0.2, 0.25) is 0 Å². The van der Waals surface area contributed by atoms with Crippen molar-refractivity contribution >= 4 is 6.03 Å². The Labute approximate surface area is 121 Å². The Hall–Kier alpha value is -0.770. The summed E-state index contributed by atoms with van der Waals surface area (Å²) in [4.78, 5) is 12.3. The normalized spacial score (nSPS) is 39.9. The highest BCUT2D eigenvalue weighted by atomic mass is 16.3. The molecule has 2 amide bonds. The minimum Gasteiger partial charge on any atom is -0.394 e. The highest BCUT2D eigenvalue weighted by molar-refractivity contribution is 5.75. The highest BCUT2D eigenvalue weighted by Crippen LogP contribution is 2.55. The van der Waals surface area contributed by atoms with Gasteiger partial charge in [-0.15, -0.1) is 0 Å². The van der Waals surface area contributed by atoms with E-state index >= 15 is 0 Å². The molecule has 114 valence electrons. The standard InChI is InChI=1S/C16H28N2O2/c1-10(2)14(9-19)17-15(20)18-16-6-11-3-12(7-16)5-13(4-11)8-16/h10-14,19H,3-9H2,1-2H3,(H2,17,18,20). The fourth-order valence-electron chi connectivity index (χ4n) is 5.13. The van der Waals surface area contributed by atoms with Crippen LogP contribution >= 0.6 is 0 Å². The highest BCUT2D eigenvalue weighted by Gasteiger charge is 2.51. The Morgan fingerprint density at radius 3 is 2.05 bits per heavy atom. The summed E-state index contributed by atoms with van der Waals surface area (Å²) >= 11 is 0. The van der Waals surface area contributed by atoms with E-state index in [1.807, 2.05) is 13.8 Å². The van der Waals surface area contributed by atoms with Crippen molar-refractivity contribution in [2.75, 3.05) is 6.61 Å². The molecule has 0 aromatic heterocycles. The smallest absolute Gasteiger partial charge is 0.315 e. The largest absolute Gasteiger partial charge is 0.394 e. The van der Waals surface area contributed by atoms with Gasteiger partial charge >= 0.3 is 6.03 Å². The Kier molecular flexibility index (Phi) is 3.69. The van der Waals surface area contributed by atoms with Crippen molar-refractivity contribution in [2.24, 2.45) is 23.7 Å². The van der Waals surface area contributed by atoms with Crippen molar-refractivity contribution in [1.82, 2.24) is 10.6 Å². The molecular formula is C16H28N2O2. The number of urea groups is 1. The van der Waals surface area contributed by atoms with Crippen molar-refractivity contribution in [3.8, 4) is 0 Å². The molecule has 0 radical (unpaired) electrons. The van der Waals surface area contributed by atoms with Gasteiger partial charge in [0.25, 0.3) is 0 Å². The second kappa shape index (κ2) is 5.21. The van der Waals surface area contributed by atoms with Crippen LogP contribution in [0.4, 0.5) is 4.79 Å². The van der Waals surface area contributed by atoms with Crippen LogP contribution in [0.3, 0.4) is 0 Å². The van der Waals surface area contributed by atoms with Gasteiger partial charge in [0.15, 0.2) is 0 Å². The summed E-state index contributed by atoms with van der Waals surface area (Å²) < 4.78 is 0. The molecule has 4 rings (SSSR count). The Bertz CT molecular complexity index is 345. The topological polar surface area (TPSA) is 61.4 Å². The monoisotopic (exact) mass is 280 g/mol. The molecule has 1 unspecified atom stereocenters. The van der Waals surface area contributed by atoms with Gasteiger partial charge in [-0.2, -0.15) is 0 Å². The van der Waals surface area contributed by atoms with Crippen molar-refractivity contribution in [3.63, 3.8) is 0 Å². The van der Waals surface area contributed by atoms with Crippen molar-refractivity contribution in [1.29, 1.82) is 0 Å². The van der Waals surface area contributed by atoms with Gasteiger partial charge in [-0.05, 0) is 62.2 Å². The van der Waals surface area contributed by atoms with E-state index in [-0.39, 0.29) is 30.1 Å². The third-order valence-electron chi connectivity index (χ3n) is 5.73. The summed E-state index contributed by atoms with van der Waals surface area (Å²) in [6, 6.07) is -0.233. The van der Waals surface area contributed by atoms with Crippen molar-refractivity contribution in [3.05, 3.63) is 0 Å². The average Bonchev–Trinajstić information content (AvgIpc) is 2.33. The molecular weight excluding hydrogens is 252 g/mol. The second-order valence-electron chi connectivity index (χ2n) is 7.83. The summed E-state index contributed by atoms with van der Waals surface area (Å²) in [6.45, 7) is 4.05. The maximum absolute atomic E-state index is 12.3. The van der Waals surface area contributed by atoms with E-state index in [2.05, 4.69) is 10.6 Å². The minimum atomic E-state index is -0.149. The van der Waals surface area contributed by atoms with Crippen LogP contribution in [0.1, 0.15) is 52.4 Å². The van der Waals surface area contributed by atoms with E-state index in [1.54, 1.807) is 0 Å². The summed E-state index contributed by atoms with van der Waals surface area (Å²) in [7, 11) is 0. The summed E-state index contributed by atoms with van der Waals surface area (Å²) in [6.07, 6.45) is 7.64. The van der Waals surface area contributed by atoms with E-state index in [0.717, 1.165) is 17.8 Å². The lowest BCUT2D eigenvalue weighted by Gasteiger charge is -2.56. The van der Waals surface area contributed by atoms with Crippen LogP contribution in [-0.2, 0) is 0 Å². The molecule has 0 aliphatic heterocycles. The minimum absolute atomic E-state index is 0.00591. The molecule has 0 heterocycles. The first-order chi connectivity index (χ1) is 9.49. The number of rotatable bonds is 4. The molecule has 0 aromatic carbocycles. The second-order valence-corrected chi connectivity index (χ2v) is 7.83. The predicted octanol–water partition coefficient (Wildman–Crippen LogP) is 2.27.